The molecule has 1 unspecified atom stereocenters. The molecule has 1 aliphatic rings. The lowest BCUT2D eigenvalue weighted by molar-refractivity contribution is 0.403. The zero-order valence-corrected chi connectivity index (χ0v) is 15.5. The predicted octanol–water partition coefficient (Wildman–Crippen LogP) is 4.90. The number of para-hydroxylation sites is 1. The summed E-state index contributed by atoms with van der Waals surface area (Å²) in [6.45, 7) is 0.976. The van der Waals surface area contributed by atoms with E-state index in [4.69, 9.17) is 0 Å². The van der Waals surface area contributed by atoms with E-state index in [0.29, 0.717) is 6.04 Å². The Kier molecular flexibility index (Phi) is 4.86. The van der Waals surface area contributed by atoms with Crippen LogP contribution in [0.4, 0.5) is 5.69 Å². The Balaban J connectivity index is 1.84. The average Bonchev–Trinajstić information content (AvgIpc) is 2.82. The Morgan fingerprint density at radius 2 is 2.14 bits per heavy atom. The molecular weight excluding hydrogens is 391 g/mol. The van der Waals surface area contributed by atoms with Gasteiger partial charge in [0.05, 0.1) is 8.93 Å². The van der Waals surface area contributed by atoms with E-state index in [1.54, 1.807) is 4.88 Å². The molecule has 0 spiro atoms. The number of hydrogen-bond acceptors (Lipinski definition) is 3. The molecule has 0 aliphatic heterocycles. The zero-order valence-electron chi connectivity index (χ0n) is 12.5. The molecule has 1 N–H and O–H groups in total. The SMILES string of the molecule is CN(C)Cc1ccccc1NC1CCCc2sc(I)cc21. The van der Waals surface area contributed by atoms with E-state index in [2.05, 4.69) is 77.2 Å². The van der Waals surface area contributed by atoms with Gasteiger partial charge >= 0.3 is 0 Å². The molecule has 4 heteroatoms. The Hall–Kier alpha value is -0.590. The normalized spacial score (nSPS) is 17.8. The van der Waals surface area contributed by atoms with Crippen LogP contribution in [0.1, 0.15) is 34.9 Å². The minimum Gasteiger partial charge on any atom is -0.378 e. The largest absolute Gasteiger partial charge is 0.378 e. The fourth-order valence-corrected chi connectivity index (χ4v) is 5.12. The van der Waals surface area contributed by atoms with Crippen molar-refractivity contribution < 1.29 is 0 Å². The van der Waals surface area contributed by atoms with Crippen molar-refractivity contribution in [2.24, 2.45) is 0 Å². The minimum absolute atomic E-state index is 0.469. The van der Waals surface area contributed by atoms with Crippen LogP contribution in [0, 0.1) is 2.88 Å². The lowest BCUT2D eigenvalue weighted by Crippen LogP contribution is -2.18. The van der Waals surface area contributed by atoms with Gasteiger partial charge in [-0.2, -0.15) is 0 Å². The van der Waals surface area contributed by atoms with Crippen molar-refractivity contribution in [3.63, 3.8) is 0 Å². The molecule has 1 heterocycles. The summed E-state index contributed by atoms with van der Waals surface area (Å²) in [5.74, 6) is 0. The number of hydrogen-bond donors (Lipinski definition) is 1. The number of halogens is 1. The van der Waals surface area contributed by atoms with Crippen molar-refractivity contribution >= 4 is 39.6 Å². The lowest BCUT2D eigenvalue weighted by Gasteiger charge is -2.26. The van der Waals surface area contributed by atoms with Crippen molar-refractivity contribution in [1.82, 2.24) is 4.90 Å². The second-order valence-electron chi connectivity index (χ2n) is 5.91. The van der Waals surface area contributed by atoms with Gasteiger partial charge in [0.2, 0.25) is 0 Å². The summed E-state index contributed by atoms with van der Waals surface area (Å²) in [5.41, 5.74) is 4.18. The molecule has 2 aromatic rings. The number of rotatable bonds is 4. The summed E-state index contributed by atoms with van der Waals surface area (Å²) in [6, 6.07) is 11.5. The average molecular weight is 412 g/mol. The molecule has 0 fully saturated rings. The minimum atomic E-state index is 0.469. The molecule has 0 saturated heterocycles. The summed E-state index contributed by atoms with van der Waals surface area (Å²) in [5, 5.41) is 3.80. The standard InChI is InChI=1S/C17H21IN2S/c1-20(2)11-12-6-3-4-7-14(12)19-15-8-5-9-16-13(15)10-17(18)21-16/h3-4,6-7,10,15,19H,5,8-9,11H2,1-2H3. The Bertz CT molecular complexity index is 621. The molecule has 21 heavy (non-hydrogen) atoms. The number of nitrogens with zero attached hydrogens (tertiary/aromatic N) is 1. The van der Waals surface area contributed by atoms with Gasteiger partial charge in [-0.05, 0) is 79.2 Å². The van der Waals surface area contributed by atoms with Crippen molar-refractivity contribution in [3.8, 4) is 0 Å². The highest BCUT2D eigenvalue weighted by molar-refractivity contribution is 14.1. The summed E-state index contributed by atoms with van der Waals surface area (Å²) < 4.78 is 1.41. The van der Waals surface area contributed by atoms with E-state index in [1.807, 2.05) is 11.3 Å². The smallest absolute Gasteiger partial charge is 0.0660 e. The van der Waals surface area contributed by atoms with Crippen molar-refractivity contribution in [2.45, 2.75) is 31.8 Å². The summed E-state index contributed by atoms with van der Waals surface area (Å²) >= 11 is 4.41. The molecule has 1 aromatic carbocycles. The van der Waals surface area contributed by atoms with E-state index < -0.39 is 0 Å². The lowest BCUT2D eigenvalue weighted by atomic mass is 9.93. The molecule has 0 radical (unpaired) electrons. The predicted molar refractivity (Wildman–Crippen MR) is 100 cm³/mol. The number of fused-ring (bicyclic) bond motifs is 1. The first-order chi connectivity index (χ1) is 10.1. The molecule has 2 nitrogen and oxygen atoms in total. The van der Waals surface area contributed by atoms with Gasteiger partial charge in [-0.25, -0.2) is 0 Å². The van der Waals surface area contributed by atoms with Gasteiger partial charge in [0.1, 0.15) is 0 Å². The molecule has 1 aliphatic carbocycles. The van der Waals surface area contributed by atoms with E-state index in [9.17, 15) is 0 Å². The van der Waals surface area contributed by atoms with Gasteiger partial charge in [0, 0.05) is 17.1 Å². The maximum atomic E-state index is 3.80. The topological polar surface area (TPSA) is 15.3 Å². The molecule has 1 aromatic heterocycles. The fourth-order valence-electron chi connectivity index (χ4n) is 3.00. The highest BCUT2D eigenvalue weighted by atomic mass is 127. The third-order valence-electron chi connectivity index (χ3n) is 3.92. The van der Waals surface area contributed by atoms with Crippen molar-refractivity contribution in [1.29, 1.82) is 0 Å². The van der Waals surface area contributed by atoms with Crippen LogP contribution in [0.2, 0.25) is 0 Å². The third-order valence-corrected chi connectivity index (χ3v) is 5.89. The van der Waals surface area contributed by atoms with Crippen LogP contribution in [-0.4, -0.2) is 19.0 Å². The molecule has 3 rings (SSSR count). The van der Waals surface area contributed by atoms with Gasteiger partial charge in [0.15, 0.2) is 0 Å². The maximum Gasteiger partial charge on any atom is 0.0660 e. The molecule has 1 atom stereocenters. The van der Waals surface area contributed by atoms with Crippen molar-refractivity contribution in [3.05, 3.63) is 49.2 Å². The quantitative estimate of drug-likeness (QED) is 0.719. The number of anilines is 1. The van der Waals surface area contributed by atoms with E-state index in [1.165, 1.54) is 39.0 Å². The molecule has 0 saturated carbocycles. The summed E-state index contributed by atoms with van der Waals surface area (Å²) in [7, 11) is 4.24. The first-order valence-electron chi connectivity index (χ1n) is 7.41. The van der Waals surface area contributed by atoms with E-state index >= 15 is 0 Å². The van der Waals surface area contributed by atoms with Crippen LogP contribution in [0.5, 0.6) is 0 Å². The highest BCUT2D eigenvalue weighted by Gasteiger charge is 2.23. The van der Waals surface area contributed by atoms with Crippen LogP contribution in [-0.2, 0) is 13.0 Å². The Morgan fingerprint density at radius 1 is 1.33 bits per heavy atom. The van der Waals surface area contributed by atoms with Crippen molar-refractivity contribution in [2.75, 3.05) is 19.4 Å². The van der Waals surface area contributed by atoms with Gasteiger partial charge in [0.25, 0.3) is 0 Å². The van der Waals surface area contributed by atoms with E-state index in [-0.39, 0.29) is 0 Å². The zero-order chi connectivity index (χ0) is 14.8. The van der Waals surface area contributed by atoms with Crippen LogP contribution in [0.25, 0.3) is 0 Å². The van der Waals surface area contributed by atoms with Crippen LogP contribution in [0.15, 0.2) is 30.3 Å². The highest BCUT2D eigenvalue weighted by Crippen LogP contribution is 2.38. The van der Waals surface area contributed by atoms with Gasteiger partial charge in [-0.15, -0.1) is 11.3 Å². The van der Waals surface area contributed by atoms with Crippen LogP contribution in [0.3, 0.4) is 0 Å². The second kappa shape index (κ2) is 6.67. The van der Waals surface area contributed by atoms with Gasteiger partial charge in [-0.3, -0.25) is 0 Å². The number of benzene rings is 1. The van der Waals surface area contributed by atoms with E-state index in [0.717, 1.165) is 6.54 Å². The first-order valence-corrected chi connectivity index (χ1v) is 9.30. The fraction of sp³-hybridized carbons (Fsp3) is 0.412. The molecule has 0 bridgehead atoms. The summed E-state index contributed by atoms with van der Waals surface area (Å²) in [4.78, 5) is 3.80. The number of nitrogens with one attached hydrogen (secondary N) is 1. The summed E-state index contributed by atoms with van der Waals surface area (Å²) in [6.07, 6.45) is 3.77. The Labute approximate surface area is 144 Å². The number of thiophene rings is 1. The van der Waals surface area contributed by atoms with Gasteiger partial charge < -0.3 is 10.2 Å². The molecule has 112 valence electrons. The second-order valence-corrected chi connectivity index (χ2v) is 8.94. The van der Waals surface area contributed by atoms with Crippen LogP contribution < -0.4 is 5.32 Å². The van der Waals surface area contributed by atoms with Crippen LogP contribution >= 0.6 is 33.9 Å². The molecule has 0 amide bonds. The maximum absolute atomic E-state index is 3.80. The van der Waals surface area contributed by atoms with Gasteiger partial charge in [-0.1, -0.05) is 18.2 Å². The Morgan fingerprint density at radius 3 is 2.95 bits per heavy atom. The first kappa shape index (κ1) is 15.3. The molecular formula is C17H21IN2S. The number of aryl methyl sites for hydroxylation is 1. The monoisotopic (exact) mass is 412 g/mol. The third kappa shape index (κ3) is 3.60.